The van der Waals surface area contributed by atoms with Crippen LogP contribution in [0.15, 0.2) is 57.7 Å². The summed E-state index contributed by atoms with van der Waals surface area (Å²) in [6.45, 7) is 0. The van der Waals surface area contributed by atoms with Crippen molar-refractivity contribution in [2.24, 2.45) is 0 Å². The quantitative estimate of drug-likeness (QED) is 0.523. The van der Waals surface area contributed by atoms with Gasteiger partial charge in [-0.2, -0.15) is 0 Å². The van der Waals surface area contributed by atoms with Crippen molar-refractivity contribution in [3.05, 3.63) is 58.8 Å². The maximum absolute atomic E-state index is 12.8. The lowest BCUT2D eigenvalue weighted by Crippen LogP contribution is -2.02. The minimum atomic E-state index is -0.0575. The van der Waals surface area contributed by atoms with E-state index in [2.05, 4.69) is 0 Å². The lowest BCUT2D eigenvalue weighted by atomic mass is 10.1. The number of hydrogen-bond acceptors (Lipinski definition) is 4. The summed E-state index contributed by atoms with van der Waals surface area (Å²) in [4.78, 5) is 12.8. The molecule has 0 amide bonds. The summed E-state index contributed by atoms with van der Waals surface area (Å²) in [5.41, 5.74) is 1.05. The van der Waals surface area contributed by atoms with Crippen LogP contribution in [0.3, 0.4) is 0 Å². The van der Waals surface area contributed by atoms with Crippen LogP contribution in [0.25, 0.3) is 32.7 Å². The molecule has 0 spiro atoms. The van der Waals surface area contributed by atoms with Crippen LogP contribution >= 0.6 is 0 Å². The van der Waals surface area contributed by atoms with Crippen LogP contribution in [0.2, 0.25) is 0 Å². The highest BCUT2D eigenvalue weighted by molar-refractivity contribution is 5.99. The van der Waals surface area contributed by atoms with E-state index in [4.69, 9.17) is 13.9 Å². The zero-order valence-electron chi connectivity index (χ0n) is 12.8. The summed E-state index contributed by atoms with van der Waals surface area (Å²) in [6, 6.07) is 14.7. The molecule has 23 heavy (non-hydrogen) atoms. The monoisotopic (exact) mass is 306 g/mol. The van der Waals surface area contributed by atoms with Crippen molar-refractivity contribution in [1.29, 1.82) is 0 Å². The number of fused-ring (bicyclic) bond motifs is 3. The van der Waals surface area contributed by atoms with Gasteiger partial charge in [0.05, 0.1) is 25.0 Å². The minimum Gasteiger partial charge on any atom is -0.497 e. The standard InChI is InChI=1S/C19H14O4/c1-21-13-4-3-11-8-15-18(9-12(11)7-13)23-17-6-5-14(22-2)10-16(17)19(15)20/h3-10H,1-2H3. The van der Waals surface area contributed by atoms with Gasteiger partial charge in [0.15, 0.2) is 0 Å². The molecule has 0 radical (unpaired) electrons. The maximum Gasteiger partial charge on any atom is 0.200 e. The van der Waals surface area contributed by atoms with Gasteiger partial charge in [-0.05, 0) is 53.2 Å². The first-order chi connectivity index (χ1) is 11.2. The number of ether oxygens (including phenoxy) is 2. The molecule has 0 unspecified atom stereocenters. The van der Waals surface area contributed by atoms with Crippen molar-refractivity contribution in [2.45, 2.75) is 0 Å². The van der Waals surface area contributed by atoms with Gasteiger partial charge in [0.1, 0.15) is 22.7 Å². The van der Waals surface area contributed by atoms with E-state index < -0.39 is 0 Å². The largest absolute Gasteiger partial charge is 0.497 e. The lowest BCUT2D eigenvalue weighted by Gasteiger charge is -2.06. The Balaban J connectivity index is 2.11. The van der Waals surface area contributed by atoms with Crippen molar-refractivity contribution in [1.82, 2.24) is 0 Å². The molecule has 4 heteroatoms. The van der Waals surface area contributed by atoms with E-state index in [1.165, 1.54) is 0 Å². The smallest absolute Gasteiger partial charge is 0.200 e. The molecule has 0 aliphatic carbocycles. The van der Waals surface area contributed by atoms with Gasteiger partial charge in [0, 0.05) is 0 Å². The highest BCUT2D eigenvalue weighted by Gasteiger charge is 2.10. The van der Waals surface area contributed by atoms with Crippen LogP contribution in [0.5, 0.6) is 11.5 Å². The highest BCUT2D eigenvalue weighted by atomic mass is 16.5. The molecule has 4 nitrogen and oxygen atoms in total. The molecule has 4 rings (SSSR count). The Labute approximate surface area is 131 Å². The Morgan fingerprint density at radius 1 is 0.739 bits per heavy atom. The average Bonchev–Trinajstić information content (AvgIpc) is 2.60. The highest BCUT2D eigenvalue weighted by Crippen LogP contribution is 2.28. The van der Waals surface area contributed by atoms with Crippen molar-refractivity contribution >= 4 is 32.7 Å². The molecule has 114 valence electrons. The first kappa shape index (κ1) is 13.6. The number of rotatable bonds is 2. The lowest BCUT2D eigenvalue weighted by molar-refractivity contribution is 0.415. The van der Waals surface area contributed by atoms with Gasteiger partial charge in [-0.25, -0.2) is 0 Å². The first-order valence-electron chi connectivity index (χ1n) is 7.22. The van der Waals surface area contributed by atoms with Crippen LogP contribution in [0.1, 0.15) is 0 Å². The van der Waals surface area contributed by atoms with Gasteiger partial charge in [0.2, 0.25) is 5.43 Å². The molecule has 1 aromatic heterocycles. The first-order valence-corrected chi connectivity index (χ1v) is 7.22. The van der Waals surface area contributed by atoms with Crippen molar-refractivity contribution < 1.29 is 13.9 Å². The van der Waals surface area contributed by atoms with Crippen LogP contribution in [-0.4, -0.2) is 14.2 Å². The van der Waals surface area contributed by atoms with Crippen LogP contribution in [0.4, 0.5) is 0 Å². The normalized spacial score (nSPS) is 11.2. The summed E-state index contributed by atoms with van der Waals surface area (Å²) >= 11 is 0. The van der Waals surface area contributed by atoms with Crippen LogP contribution in [-0.2, 0) is 0 Å². The SMILES string of the molecule is COc1ccc2cc3c(=O)c4cc(OC)ccc4oc3cc2c1. The summed E-state index contributed by atoms with van der Waals surface area (Å²) < 4.78 is 16.4. The molecule has 0 bridgehead atoms. The van der Waals surface area contributed by atoms with Crippen molar-refractivity contribution in [2.75, 3.05) is 14.2 Å². The number of methoxy groups -OCH3 is 2. The predicted molar refractivity (Wildman–Crippen MR) is 90.6 cm³/mol. The minimum absolute atomic E-state index is 0.0575. The molecule has 0 aliphatic rings. The molecule has 0 aliphatic heterocycles. The van der Waals surface area contributed by atoms with Gasteiger partial charge in [-0.1, -0.05) is 6.07 Å². The molecule has 1 heterocycles. The topological polar surface area (TPSA) is 48.7 Å². The second kappa shape index (κ2) is 5.02. The maximum atomic E-state index is 12.8. The molecular weight excluding hydrogens is 292 g/mol. The van der Waals surface area contributed by atoms with E-state index in [1.807, 2.05) is 30.3 Å². The Bertz CT molecular complexity index is 1110. The molecule has 0 fully saturated rings. The van der Waals surface area contributed by atoms with Gasteiger partial charge in [0.25, 0.3) is 0 Å². The number of benzene rings is 3. The Hall–Kier alpha value is -3.01. The third-order valence-electron chi connectivity index (χ3n) is 4.04. The molecule has 4 aromatic rings. The zero-order valence-corrected chi connectivity index (χ0v) is 12.8. The Morgan fingerprint density at radius 3 is 2.22 bits per heavy atom. The molecule has 0 atom stereocenters. The predicted octanol–water partition coefficient (Wildman–Crippen LogP) is 4.12. The molecule has 3 aromatic carbocycles. The molecule has 0 saturated carbocycles. The molecule has 0 saturated heterocycles. The van der Waals surface area contributed by atoms with E-state index >= 15 is 0 Å². The van der Waals surface area contributed by atoms with Crippen LogP contribution < -0.4 is 14.9 Å². The fraction of sp³-hybridized carbons (Fsp3) is 0.105. The summed E-state index contributed by atoms with van der Waals surface area (Å²) in [7, 11) is 3.20. The van der Waals surface area contributed by atoms with E-state index in [1.54, 1.807) is 32.4 Å². The summed E-state index contributed by atoms with van der Waals surface area (Å²) in [6.07, 6.45) is 0. The third kappa shape index (κ3) is 2.11. The van der Waals surface area contributed by atoms with Gasteiger partial charge in [-0.15, -0.1) is 0 Å². The van der Waals surface area contributed by atoms with Gasteiger partial charge in [-0.3, -0.25) is 4.79 Å². The third-order valence-corrected chi connectivity index (χ3v) is 4.04. The van der Waals surface area contributed by atoms with Crippen LogP contribution in [0, 0.1) is 0 Å². The van der Waals surface area contributed by atoms with E-state index in [0.29, 0.717) is 27.7 Å². The second-order valence-electron chi connectivity index (χ2n) is 5.35. The van der Waals surface area contributed by atoms with Gasteiger partial charge >= 0.3 is 0 Å². The molecular formula is C19H14O4. The van der Waals surface area contributed by atoms with E-state index in [0.717, 1.165) is 16.5 Å². The van der Waals surface area contributed by atoms with E-state index in [9.17, 15) is 4.79 Å². The van der Waals surface area contributed by atoms with E-state index in [-0.39, 0.29) is 5.43 Å². The number of hydrogen-bond donors (Lipinski definition) is 0. The van der Waals surface area contributed by atoms with Crippen molar-refractivity contribution in [3.63, 3.8) is 0 Å². The zero-order chi connectivity index (χ0) is 16.0. The Morgan fingerprint density at radius 2 is 1.43 bits per heavy atom. The van der Waals surface area contributed by atoms with Crippen molar-refractivity contribution in [3.8, 4) is 11.5 Å². The Kier molecular flexibility index (Phi) is 2.98. The average molecular weight is 306 g/mol. The summed E-state index contributed by atoms with van der Waals surface area (Å²) in [5.74, 6) is 1.40. The fourth-order valence-electron chi connectivity index (χ4n) is 2.81. The fourth-order valence-corrected chi connectivity index (χ4v) is 2.81. The van der Waals surface area contributed by atoms with Gasteiger partial charge < -0.3 is 13.9 Å². The molecule has 0 N–H and O–H groups in total. The summed E-state index contributed by atoms with van der Waals surface area (Å²) in [5, 5.41) is 3.01. The second-order valence-corrected chi connectivity index (χ2v) is 5.35.